The summed E-state index contributed by atoms with van der Waals surface area (Å²) in [5.41, 5.74) is 0. The molecule has 0 aliphatic rings. The summed E-state index contributed by atoms with van der Waals surface area (Å²) in [6, 6.07) is 3.91. The topological polar surface area (TPSA) is 13.1 Å². The highest BCUT2D eigenvalue weighted by Crippen LogP contribution is 2.12. The van der Waals surface area contributed by atoms with Crippen molar-refractivity contribution in [2.45, 2.75) is 12.2 Å². The van der Waals surface area contributed by atoms with E-state index in [0.717, 1.165) is 23.7 Å². The fourth-order valence-electron chi connectivity index (χ4n) is 0.670. The molecule has 10 heavy (non-hydrogen) atoms. The van der Waals surface area contributed by atoms with E-state index >= 15 is 0 Å². The Hall–Kier alpha value is -0.370. The lowest BCUT2D eigenvalue weighted by Crippen LogP contribution is -1.77. The van der Waals surface area contributed by atoms with Crippen molar-refractivity contribution in [3.63, 3.8) is 0 Å². The molecule has 0 amide bonds. The zero-order valence-corrected chi connectivity index (χ0v) is 6.69. The second-order valence-corrected chi connectivity index (χ2v) is 3.09. The number of thioether (sulfide) groups is 1. The van der Waals surface area contributed by atoms with Gasteiger partial charge in [0.25, 0.3) is 0 Å². The summed E-state index contributed by atoms with van der Waals surface area (Å²) < 4.78 is 5.14. The Morgan fingerprint density at radius 3 is 3.10 bits per heavy atom. The molecule has 0 fully saturated rings. The lowest BCUT2D eigenvalue weighted by atomic mass is 10.5. The van der Waals surface area contributed by atoms with E-state index in [2.05, 4.69) is 6.92 Å². The second-order valence-electron chi connectivity index (χ2n) is 1.99. The van der Waals surface area contributed by atoms with Gasteiger partial charge in [0.05, 0.1) is 12.0 Å². The first-order valence-electron chi connectivity index (χ1n) is 3.33. The van der Waals surface area contributed by atoms with Crippen LogP contribution in [0.3, 0.4) is 0 Å². The molecular weight excluding hydrogens is 144 g/mol. The van der Waals surface area contributed by atoms with Crippen LogP contribution in [-0.4, -0.2) is 5.75 Å². The maximum atomic E-state index is 5.14. The molecule has 1 heterocycles. The molecule has 1 nitrogen and oxygen atoms in total. The van der Waals surface area contributed by atoms with Crippen molar-refractivity contribution in [3.05, 3.63) is 31.1 Å². The molecule has 0 aliphatic heterocycles. The molecule has 0 aliphatic carbocycles. The minimum absolute atomic E-state index is 0.975. The highest BCUT2D eigenvalue weighted by Gasteiger charge is 1.93. The van der Waals surface area contributed by atoms with Crippen LogP contribution in [0, 0.1) is 6.92 Å². The van der Waals surface area contributed by atoms with Crippen LogP contribution < -0.4 is 0 Å². The van der Waals surface area contributed by atoms with Crippen molar-refractivity contribution >= 4 is 11.8 Å². The smallest absolute Gasteiger partial charge is 0.113 e. The summed E-state index contributed by atoms with van der Waals surface area (Å²) in [4.78, 5) is 0. The van der Waals surface area contributed by atoms with Gasteiger partial charge in [-0.25, -0.2) is 0 Å². The van der Waals surface area contributed by atoms with E-state index in [9.17, 15) is 0 Å². The van der Waals surface area contributed by atoms with Gasteiger partial charge >= 0.3 is 0 Å². The molecule has 0 bridgehead atoms. The highest BCUT2D eigenvalue weighted by molar-refractivity contribution is 7.98. The first-order valence-corrected chi connectivity index (χ1v) is 4.48. The summed E-state index contributed by atoms with van der Waals surface area (Å²) in [7, 11) is 0. The number of hydrogen-bond acceptors (Lipinski definition) is 2. The molecule has 55 valence electrons. The summed E-state index contributed by atoms with van der Waals surface area (Å²) in [5.74, 6) is 3.14. The quantitative estimate of drug-likeness (QED) is 0.620. The van der Waals surface area contributed by atoms with E-state index < -0.39 is 0 Å². The SMILES string of the molecule is [CH2]CCSCc1ccco1. The van der Waals surface area contributed by atoms with Crippen LogP contribution in [0.4, 0.5) is 0 Å². The van der Waals surface area contributed by atoms with Crippen molar-refractivity contribution in [2.75, 3.05) is 5.75 Å². The Bertz CT molecular complexity index is 158. The summed E-state index contributed by atoms with van der Waals surface area (Å²) in [6.45, 7) is 3.75. The van der Waals surface area contributed by atoms with Gasteiger partial charge in [0.15, 0.2) is 0 Å². The standard InChI is InChI=1S/C8H11OS/c1-2-6-10-7-8-4-3-5-9-8/h3-5H,1-2,6-7H2. The van der Waals surface area contributed by atoms with Gasteiger partial charge in [-0.2, -0.15) is 11.8 Å². The summed E-state index contributed by atoms with van der Waals surface area (Å²) >= 11 is 1.85. The first kappa shape index (κ1) is 7.73. The van der Waals surface area contributed by atoms with Gasteiger partial charge in [0, 0.05) is 0 Å². The highest BCUT2D eigenvalue weighted by atomic mass is 32.2. The molecule has 0 aromatic carbocycles. The van der Waals surface area contributed by atoms with Gasteiger partial charge in [-0.3, -0.25) is 0 Å². The van der Waals surface area contributed by atoms with Crippen molar-refractivity contribution in [1.82, 2.24) is 0 Å². The van der Waals surface area contributed by atoms with Crippen LogP contribution in [0.2, 0.25) is 0 Å². The van der Waals surface area contributed by atoms with Crippen LogP contribution in [-0.2, 0) is 5.75 Å². The fourth-order valence-corrected chi connectivity index (χ4v) is 1.38. The normalized spacial score (nSPS) is 10.1. The average Bonchev–Trinajstić information content (AvgIpc) is 2.41. The van der Waals surface area contributed by atoms with Crippen molar-refractivity contribution in [2.24, 2.45) is 0 Å². The number of rotatable bonds is 4. The van der Waals surface area contributed by atoms with Crippen molar-refractivity contribution < 1.29 is 4.42 Å². The first-order chi connectivity index (χ1) is 4.93. The van der Waals surface area contributed by atoms with Crippen molar-refractivity contribution in [3.8, 4) is 0 Å². The van der Waals surface area contributed by atoms with Gasteiger partial charge in [-0.1, -0.05) is 6.92 Å². The molecule has 1 rings (SSSR count). The van der Waals surface area contributed by atoms with Gasteiger partial charge in [0.2, 0.25) is 0 Å². The number of hydrogen-bond donors (Lipinski definition) is 0. The molecule has 0 spiro atoms. The Labute approximate surface area is 65.8 Å². The zero-order valence-electron chi connectivity index (χ0n) is 5.88. The second kappa shape index (κ2) is 4.45. The van der Waals surface area contributed by atoms with Gasteiger partial charge in [-0.05, 0) is 24.3 Å². The lowest BCUT2D eigenvalue weighted by molar-refractivity contribution is 0.530. The molecule has 0 unspecified atom stereocenters. The van der Waals surface area contributed by atoms with Crippen LogP contribution in [0.5, 0.6) is 0 Å². The lowest BCUT2D eigenvalue weighted by Gasteiger charge is -1.93. The van der Waals surface area contributed by atoms with Crippen LogP contribution in [0.25, 0.3) is 0 Å². The third kappa shape index (κ3) is 2.48. The summed E-state index contributed by atoms with van der Waals surface area (Å²) in [5, 5.41) is 0. The van der Waals surface area contributed by atoms with E-state index in [1.165, 1.54) is 0 Å². The summed E-state index contributed by atoms with van der Waals surface area (Å²) in [6.07, 6.45) is 2.70. The van der Waals surface area contributed by atoms with E-state index in [4.69, 9.17) is 4.42 Å². The maximum Gasteiger partial charge on any atom is 0.113 e. The molecular formula is C8H11OS. The Balaban J connectivity index is 2.15. The van der Waals surface area contributed by atoms with Crippen LogP contribution in [0.1, 0.15) is 12.2 Å². The van der Waals surface area contributed by atoms with Crippen LogP contribution >= 0.6 is 11.8 Å². The Morgan fingerprint density at radius 2 is 2.50 bits per heavy atom. The molecule has 1 aromatic heterocycles. The fraction of sp³-hybridized carbons (Fsp3) is 0.375. The molecule has 0 saturated heterocycles. The van der Waals surface area contributed by atoms with E-state index in [-0.39, 0.29) is 0 Å². The van der Waals surface area contributed by atoms with Crippen molar-refractivity contribution in [1.29, 1.82) is 0 Å². The zero-order chi connectivity index (χ0) is 7.23. The van der Waals surface area contributed by atoms with Gasteiger partial charge in [-0.15, -0.1) is 0 Å². The third-order valence-corrected chi connectivity index (χ3v) is 2.18. The minimum Gasteiger partial charge on any atom is -0.468 e. The molecule has 1 aromatic rings. The Kier molecular flexibility index (Phi) is 3.44. The molecule has 2 heteroatoms. The average molecular weight is 155 g/mol. The largest absolute Gasteiger partial charge is 0.468 e. The molecule has 1 radical (unpaired) electrons. The Morgan fingerprint density at radius 1 is 1.60 bits per heavy atom. The van der Waals surface area contributed by atoms with E-state index in [0.29, 0.717) is 0 Å². The van der Waals surface area contributed by atoms with Crippen LogP contribution in [0.15, 0.2) is 22.8 Å². The number of furan rings is 1. The minimum atomic E-state index is 0.975. The molecule has 0 N–H and O–H groups in total. The van der Waals surface area contributed by atoms with Gasteiger partial charge in [0.1, 0.15) is 5.76 Å². The van der Waals surface area contributed by atoms with E-state index in [1.54, 1.807) is 6.26 Å². The molecule has 0 atom stereocenters. The van der Waals surface area contributed by atoms with Gasteiger partial charge < -0.3 is 4.42 Å². The predicted octanol–water partition coefficient (Wildman–Crippen LogP) is 2.74. The van der Waals surface area contributed by atoms with E-state index in [1.807, 2.05) is 23.9 Å². The molecule has 0 saturated carbocycles. The predicted molar refractivity (Wildman–Crippen MR) is 44.8 cm³/mol. The third-order valence-electron chi connectivity index (χ3n) is 1.11. The monoisotopic (exact) mass is 155 g/mol. The maximum absolute atomic E-state index is 5.14.